The van der Waals surface area contributed by atoms with E-state index in [4.69, 9.17) is 0 Å². The van der Waals surface area contributed by atoms with Gasteiger partial charge in [-0.05, 0) is 56.5 Å². The number of rotatable bonds is 4. The Morgan fingerprint density at radius 2 is 1.90 bits per heavy atom. The Balaban J connectivity index is 1.97. The van der Waals surface area contributed by atoms with Crippen LogP contribution in [0.15, 0.2) is 0 Å². The number of likely N-dealkylation sites (N-methyl/N-ethyl adjacent to an activating group) is 1. The lowest BCUT2D eigenvalue weighted by Gasteiger charge is -2.42. The molecule has 0 radical (unpaired) electrons. The molecule has 1 N–H and O–H groups in total. The van der Waals surface area contributed by atoms with Crippen LogP contribution in [0.1, 0.15) is 66.2 Å². The van der Waals surface area contributed by atoms with E-state index in [-0.39, 0.29) is 0 Å². The van der Waals surface area contributed by atoms with Crippen molar-refractivity contribution in [3.8, 4) is 0 Å². The summed E-state index contributed by atoms with van der Waals surface area (Å²) in [5, 5.41) is 3.61. The second-order valence-corrected chi connectivity index (χ2v) is 8.28. The Morgan fingerprint density at radius 1 is 1.15 bits per heavy atom. The zero-order valence-electron chi connectivity index (χ0n) is 14.4. The minimum absolute atomic E-state index is 0.474. The largest absolute Gasteiger partial charge is 0.315 e. The molecule has 0 aromatic heterocycles. The molecule has 2 aliphatic rings. The van der Waals surface area contributed by atoms with Gasteiger partial charge in [0.1, 0.15) is 0 Å². The van der Waals surface area contributed by atoms with Crippen LogP contribution in [-0.2, 0) is 0 Å². The zero-order chi connectivity index (χ0) is 14.8. The minimum Gasteiger partial charge on any atom is -0.315 e. The molecule has 4 unspecified atom stereocenters. The fourth-order valence-corrected chi connectivity index (χ4v) is 4.44. The molecule has 0 bridgehead atoms. The van der Waals surface area contributed by atoms with E-state index in [1.54, 1.807) is 0 Å². The van der Waals surface area contributed by atoms with Crippen LogP contribution in [0.4, 0.5) is 0 Å². The Hall–Kier alpha value is -0.0800. The highest BCUT2D eigenvalue weighted by atomic mass is 15.2. The van der Waals surface area contributed by atoms with Crippen molar-refractivity contribution < 1.29 is 0 Å². The lowest BCUT2D eigenvalue weighted by molar-refractivity contribution is 0.107. The van der Waals surface area contributed by atoms with Crippen LogP contribution in [0.5, 0.6) is 0 Å². The maximum Gasteiger partial charge on any atom is 0.0251 e. The first kappa shape index (κ1) is 16.3. The van der Waals surface area contributed by atoms with Crippen LogP contribution < -0.4 is 5.32 Å². The first-order valence-electron chi connectivity index (χ1n) is 8.87. The Bertz CT molecular complexity index is 294. The molecule has 2 nitrogen and oxygen atoms in total. The summed E-state index contributed by atoms with van der Waals surface area (Å²) in [6.07, 6.45) is 8.43. The molecule has 0 spiro atoms. The van der Waals surface area contributed by atoms with Gasteiger partial charge < -0.3 is 5.32 Å². The van der Waals surface area contributed by atoms with Gasteiger partial charge in [0.25, 0.3) is 0 Å². The topological polar surface area (TPSA) is 15.3 Å². The maximum absolute atomic E-state index is 3.61. The van der Waals surface area contributed by atoms with Gasteiger partial charge in [0.15, 0.2) is 0 Å². The highest BCUT2D eigenvalue weighted by Crippen LogP contribution is 2.38. The lowest BCUT2D eigenvalue weighted by atomic mass is 9.79. The summed E-state index contributed by atoms with van der Waals surface area (Å²) >= 11 is 0. The number of hydrogen-bond donors (Lipinski definition) is 1. The fourth-order valence-electron chi connectivity index (χ4n) is 4.44. The average molecular weight is 281 g/mol. The van der Waals surface area contributed by atoms with E-state index in [0.29, 0.717) is 5.41 Å². The van der Waals surface area contributed by atoms with Crippen molar-refractivity contribution in [3.63, 3.8) is 0 Å². The molecule has 2 fully saturated rings. The standard InChI is InChI=1S/C18H36N2/c1-6-7-14-8-9-16(19-5)17(12-14)20-11-10-15(13-20)18(2,3)4/h14-17,19H,6-13H2,1-5H3. The van der Waals surface area contributed by atoms with Crippen molar-refractivity contribution in [2.24, 2.45) is 17.3 Å². The van der Waals surface area contributed by atoms with E-state index < -0.39 is 0 Å². The van der Waals surface area contributed by atoms with Gasteiger partial charge in [0.2, 0.25) is 0 Å². The summed E-state index contributed by atoms with van der Waals surface area (Å²) in [5.74, 6) is 1.86. The summed E-state index contributed by atoms with van der Waals surface area (Å²) < 4.78 is 0. The summed E-state index contributed by atoms with van der Waals surface area (Å²) in [4.78, 5) is 2.82. The Morgan fingerprint density at radius 3 is 2.45 bits per heavy atom. The van der Waals surface area contributed by atoms with Gasteiger partial charge in [0, 0.05) is 18.6 Å². The lowest BCUT2D eigenvalue weighted by Crippen LogP contribution is -2.51. The molecule has 2 rings (SSSR count). The van der Waals surface area contributed by atoms with Crippen LogP contribution in [0, 0.1) is 17.3 Å². The van der Waals surface area contributed by atoms with Crippen molar-refractivity contribution in [2.75, 3.05) is 20.1 Å². The first-order chi connectivity index (χ1) is 9.45. The van der Waals surface area contributed by atoms with E-state index in [1.807, 2.05) is 0 Å². The highest BCUT2D eigenvalue weighted by molar-refractivity contribution is 4.95. The molecule has 0 aromatic rings. The summed E-state index contributed by atoms with van der Waals surface area (Å²) in [6.45, 7) is 12.2. The third-order valence-electron chi connectivity index (χ3n) is 5.91. The summed E-state index contributed by atoms with van der Waals surface area (Å²) in [7, 11) is 2.16. The second-order valence-electron chi connectivity index (χ2n) is 8.28. The Kier molecular flexibility index (Phi) is 5.53. The zero-order valence-corrected chi connectivity index (χ0v) is 14.4. The van der Waals surface area contributed by atoms with E-state index in [1.165, 1.54) is 51.6 Å². The molecule has 4 atom stereocenters. The molecule has 1 aliphatic carbocycles. The highest BCUT2D eigenvalue weighted by Gasteiger charge is 2.39. The minimum atomic E-state index is 0.474. The molecule has 20 heavy (non-hydrogen) atoms. The van der Waals surface area contributed by atoms with Crippen LogP contribution in [0.2, 0.25) is 0 Å². The maximum atomic E-state index is 3.61. The van der Waals surface area contributed by atoms with E-state index >= 15 is 0 Å². The smallest absolute Gasteiger partial charge is 0.0251 e. The van der Waals surface area contributed by atoms with Gasteiger partial charge >= 0.3 is 0 Å². The molecular weight excluding hydrogens is 244 g/mol. The Labute approximate surface area is 126 Å². The van der Waals surface area contributed by atoms with Crippen LogP contribution in [-0.4, -0.2) is 37.1 Å². The molecule has 0 amide bonds. The molecule has 1 heterocycles. The van der Waals surface area contributed by atoms with Gasteiger partial charge in [0.05, 0.1) is 0 Å². The number of hydrogen-bond acceptors (Lipinski definition) is 2. The van der Waals surface area contributed by atoms with E-state index in [9.17, 15) is 0 Å². The van der Waals surface area contributed by atoms with Gasteiger partial charge in [-0.1, -0.05) is 40.5 Å². The predicted octanol–water partition coefficient (Wildman–Crippen LogP) is 3.91. The van der Waals surface area contributed by atoms with Crippen LogP contribution >= 0.6 is 0 Å². The second kappa shape index (κ2) is 6.79. The fraction of sp³-hybridized carbons (Fsp3) is 1.00. The average Bonchev–Trinajstić information content (AvgIpc) is 2.88. The number of likely N-dealkylation sites (tertiary alicyclic amines) is 1. The molecule has 1 saturated carbocycles. The van der Waals surface area contributed by atoms with Gasteiger partial charge in [-0.25, -0.2) is 0 Å². The number of nitrogens with zero attached hydrogens (tertiary/aromatic N) is 1. The molecule has 1 saturated heterocycles. The van der Waals surface area contributed by atoms with Crippen molar-refractivity contribution in [3.05, 3.63) is 0 Å². The van der Waals surface area contributed by atoms with Crippen molar-refractivity contribution in [2.45, 2.75) is 78.3 Å². The van der Waals surface area contributed by atoms with Crippen molar-refractivity contribution >= 4 is 0 Å². The SMILES string of the molecule is CCCC1CCC(NC)C(N2CCC(C(C)(C)C)C2)C1. The van der Waals surface area contributed by atoms with Gasteiger partial charge in [-0.15, -0.1) is 0 Å². The summed E-state index contributed by atoms with van der Waals surface area (Å²) in [6, 6.07) is 1.51. The third kappa shape index (κ3) is 3.76. The molecule has 0 aromatic carbocycles. The molecule has 2 heteroatoms. The third-order valence-corrected chi connectivity index (χ3v) is 5.91. The molecular formula is C18H36N2. The molecule has 118 valence electrons. The van der Waals surface area contributed by atoms with Gasteiger partial charge in [-0.2, -0.15) is 0 Å². The van der Waals surface area contributed by atoms with Crippen LogP contribution in [0.3, 0.4) is 0 Å². The van der Waals surface area contributed by atoms with Gasteiger partial charge in [-0.3, -0.25) is 4.90 Å². The van der Waals surface area contributed by atoms with Crippen molar-refractivity contribution in [1.29, 1.82) is 0 Å². The van der Waals surface area contributed by atoms with Crippen LogP contribution in [0.25, 0.3) is 0 Å². The first-order valence-corrected chi connectivity index (χ1v) is 8.87. The number of nitrogens with one attached hydrogen (secondary N) is 1. The monoisotopic (exact) mass is 280 g/mol. The quantitative estimate of drug-likeness (QED) is 0.840. The van der Waals surface area contributed by atoms with E-state index in [0.717, 1.165) is 23.9 Å². The molecule has 1 aliphatic heterocycles. The normalized spacial score (nSPS) is 36.5. The van der Waals surface area contributed by atoms with E-state index in [2.05, 4.69) is 45.0 Å². The van der Waals surface area contributed by atoms with Crippen molar-refractivity contribution in [1.82, 2.24) is 10.2 Å². The predicted molar refractivity (Wildman–Crippen MR) is 88.0 cm³/mol. The summed E-state index contributed by atoms with van der Waals surface area (Å²) in [5.41, 5.74) is 0.474.